The first-order valence-corrected chi connectivity index (χ1v) is 8.26. The summed E-state index contributed by atoms with van der Waals surface area (Å²) in [6.45, 7) is 6.69. The van der Waals surface area contributed by atoms with E-state index < -0.39 is 0 Å². The fourth-order valence-electron chi connectivity index (χ4n) is 2.67. The molecule has 0 saturated carbocycles. The molecule has 0 aliphatic carbocycles. The molecule has 1 fully saturated rings. The Bertz CT molecular complexity index is 405. The standard InChI is InChI=1S/C15H22BrClN2/c1-2-8-19(11-13-4-3-7-18-13)10-12-5-6-14(16)15(17)9-12/h5-6,9,13,18H,2-4,7-8,10-11H2,1H3. The molecule has 0 bridgehead atoms. The Kier molecular flexibility index (Phi) is 6.14. The molecule has 0 spiro atoms. The van der Waals surface area contributed by atoms with Gasteiger partial charge in [0.2, 0.25) is 0 Å². The predicted molar refractivity (Wildman–Crippen MR) is 85.7 cm³/mol. The monoisotopic (exact) mass is 344 g/mol. The van der Waals surface area contributed by atoms with Crippen LogP contribution in [-0.2, 0) is 6.54 Å². The van der Waals surface area contributed by atoms with Gasteiger partial charge in [-0.05, 0) is 66.0 Å². The van der Waals surface area contributed by atoms with Gasteiger partial charge >= 0.3 is 0 Å². The Labute approximate surface area is 129 Å². The summed E-state index contributed by atoms with van der Waals surface area (Å²) in [6, 6.07) is 6.92. The van der Waals surface area contributed by atoms with E-state index in [2.05, 4.69) is 45.2 Å². The van der Waals surface area contributed by atoms with Crippen LogP contribution in [0, 0.1) is 0 Å². The summed E-state index contributed by atoms with van der Waals surface area (Å²) in [4.78, 5) is 2.53. The van der Waals surface area contributed by atoms with Crippen LogP contribution in [0.1, 0.15) is 31.7 Å². The van der Waals surface area contributed by atoms with Crippen LogP contribution >= 0.6 is 27.5 Å². The average Bonchev–Trinajstić information content (AvgIpc) is 2.87. The lowest BCUT2D eigenvalue weighted by Gasteiger charge is -2.25. The highest BCUT2D eigenvalue weighted by molar-refractivity contribution is 9.10. The van der Waals surface area contributed by atoms with Gasteiger partial charge in [0.15, 0.2) is 0 Å². The summed E-state index contributed by atoms with van der Waals surface area (Å²) in [5.41, 5.74) is 1.29. The summed E-state index contributed by atoms with van der Waals surface area (Å²) < 4.78 is 0.970. The number of nitrogens with zero attached hydrogens (tertiary/aromatic N) is 1. The van der Waals surface area contributed by atoms with Crippen molar-refractivity contribution in [2.45, 2.75) is 38.8 Å². The van der Waals surface area contributed by atoms with Crippen LogP contribution < -0.4 is 5.32 Å². The summed E-state index contributed by atoms with van der Waals surface area (Å²) in [7, 11) is 0. The van der Waals surface area contributed by atoms with Gasteiger partial charge in [0, 0.05) is 23.6 Å². The minimum absolute atomic E-state index is 0.664. The van der Waals surface area contributed by atoms with Gasteiger partial charge in [-0.3, -0.25) is 4.90 Å². The first-order valence-electron chi connectivity index (χ1n) is 7.08. The third-order valence-corrected chi connectivity index (χ3v) is 4.80. The molecule has 1 atom stereocenters. The average molecular weight is 346 g/mol. The van der Waals surface area contributed by atoms with Gasteiger partial charge in [0.25, 0.3) is 0 Å². The van der Waals surface area contributed by atoms with Crippen molar-refractivity contribution in [2.24, 2.45) is 0 Å². The maximum Gasteiger partial charge on any atom is 0.0551 e. The SMILES string of the molecule is CCCN(Cc1ccc(Br)c(Cl)c1)CC1CCCN1. The van der Waals surface area contributed by atoms with Crippen molar-refractivity contribution < 1.29 is 0 Å². The van der Waals surface area contributed by atoms with Gasteiger partial charge in [0.1, 0.15) is 0 Å². The molecule has 1 heterocycles. The van der Waals surface area contributed by atoms with Crippen LogP contribution in [-0.4, -0.2) is 30.6 Å². The highest BCUT2D eigenvalue weighted by Gasteiger charge is 2.17. The summed E-state index contributed by atoms with van der Waals surface area (Å²) >= 11 is 9.61. The lowest BCUT2D eigenvalue weighted by atomic mass is 10.1. The van der Waals surface area contributed by atoms with Crippen LogP contribution in [0.2, 0.25) is 5.02 Å². The van der Waals surface area contributed by atoms with Crippen LogP contribution in [0.15, 0.2) is 22.7 Å². The predicted octanol–water partition coefficient (Wildman–Crippen LogP) is 4.07. The zero-order valence-electron chi connectivity index (χ0n) is 11.5. The normalized spacial score (nSPS) is 19.3. The highest BCUT2D eigenvalue weighted by Crippen LogP contribution is 2.24. The van der Waals surface area contributed by atoms with Gasteiger partial charge in [-0.2, -0.15) is 0 Å². The quantitative estimate of drug-likeness (QED) is 0.836. The number of hydrogen-bond donors (Lipinski definition) is 1. The van der Waals surface area contributed by atoms with Gasteiger partial charge in [-0.15, -0.1) is 0 Å². The van der Waals surface area contributed by atoms with Crippen molar-refractivity contribution in [3.05, 3.63) is 33.3 Å². The Morgan fingerprint density at radius 1 is 1.47 bits per heavy atom. The van der Waals surface area contributed by atoms with Crippen molar-refractivity contribution in [1.29, 1.82) is 0 Å². The number of hydrogen-bond acceptors (Lipinski definition) is 2. The Morgan fingerprint density at radius 2 is 2.32 bits per heavy atom. The molecule has 1 N–H and O–H groups in total. The number of halogens is 2. The molecule has 1 saturated heterocycles. The zero-order chi connectivity index (χ0) is 13.7. The second-order valence-corrected chi connectivity index (χ2v) is 6.54. The maximum atomic E-state index is 6.17. The maximum absolute atomic E-state index is 6.17. The third kappa shape index (κ3) is 4.75. The van der Waals surface area contributed by atoms with Gasteiger partial charge in [-0.1, -0.05) is 24.6 Å². The first kappa shape index (κ1) is 15.3. The van der Waals surface area contributed by atoms with Crippen molar-refractivity contribution in [1.82, 2.24) is 10.2 Å². The number of rotatable bonds is 6. The molecular weight excluding hydrogens is 324 g/mol. The van der Waals surface area contributed by atoms with Crippen LogP contribution in [0.4, 0.5) is 0 Å². The van der Waals surface area contributed by atoms with Crippen LogP contribution in [0.5, 0.6) is 0 Å². The molecule has 1 aliphatic heterocycles. The van der Waals surface area contributed by atoms with Crippen molar-refractivity contribution in [3.8, 4) is 0 Å². The number of nitrogens with one attached hydrogen (secondary N) is 1. The fourth-order valence-corrected chi connectivity index (χ4v) is 3.12. The van der Waals surface area contributed by atoms with E-state index in [4.69, 9.17) is 11.6 Å². The second kappa shape index (κ2) is 7.63. The van der Waals surface area contributed by atoms with E-state index in [9.17, 15) is 0 Å². The first-order chi connectivity index (χ1) is 9.19. The Morgan fingerprint density at radius 3 is 2.95 bits per heavy atom. The summed E-state index contributed by atoms with van der Waals surface area (Å²) in [5.74, 6) is 0. The Hall–Kier alpha value is -0.0900. The smallest absolute Gasteiger partial charge is 0.0551 e. The van der Waals surface area contributed by atoms with Crippen molar-refractivity contribution in [2.75, 3.05) is 19.6 Å². The van der Waals surface area contributed by atoms with E-state index in [0.717, 1.165) is 29.1 Å². The molecule has 2 rings (SSSR count). The minimum atomic E-state index is 0.664. The molecule has 106 valence electrons. The summed E-state index contributed by atoms with van der Waals surface area (Å²) in [6.07, 6.45) is 3.81. The largest absolute Gasteiger partial charge is 0.313 e. The fraction of sp³-hybridized carbons (Fsp3) is 0.600. The zero-order valence-corrected chi connectivity index (χ0v) is 13.8. The molecule has 0 aromatic heterocycles. The van der Waals surface area contributed by atoms with Gasteiger partial charge < -0.3 is 5.32 Å². The lowest BCUT2D eigenvalue weighted by Crippen LogP contribution is -2.37. The lowest BCUT2D eigenvalue weighted by molar-refractivity contribution is 0.241. The van der Waals surface area contributed by atoms with Crippen molar-refractivity contribution in [3.63, 3.8) is 0 Å². The molecule has 19 heavy (non-hydrogen) atoms. The van der Waals surface area contributed by atoms with E-state index in [0.29, 0.717) is 6.04 Å². The molecule has 1 aliphatic rings. The molecular formula is C15H22BrClN2. The molecule has 1 unspecified atom stereocenters. The molecule has 1 aromatic rings. The molecule has 0 amide bonds. The second-order valence-electron chi connectivity index (χ2n) is 5.28. The van der Waals surface area contributed by atoms with E-state index in [1.165, 1.54) is 31.4 Å². The minimum Gasteiger partial charge on any atom is -0.313 e. The summed E-state index contributed by atoms with van der Waals surface area (Å²) in [5, 5.41) is 4.38. The molecule has 0 radical (unpaired) electrons. The van der Waals surface area contributed by atoms with Crippen LogP contribution in [0.25, 0.3) is 0 Å². The Balaban J connectivity index is 1.96. The molecule has 1 aromatic carbocycles. The van der Waals surface area contributed by atoms with E-state index >= 15 is 0 Å². The highest BCUT2D eigenvalue weighted by atomic mass is 79.9. The van der Waals surface area contributed by atoms with Gasteiger partial charge in [0.05, 0.1) is 5.02 Å². The van der Waals surface area contributed by atoms with E-state index in [1.807, 2.05) is 6.07 Å². The van der Waals surface area contributed by atoms with Crippen LogP contribution in [0.3, 0.4) is 0 Å². The van der Waals surface area contributed by atoms with Gasteiger partial charge in [-0.25, -0.2) is 0 Å². The molecule has 4 heteroatoms. The van der Waals surface area contributed by atoms with E-state index in [1.54, 1.807) is 0 Å². The van der Waals surface area contributed by atoms with Crippen molar-refractivity contribution >= 4 is 27.5 Å². The third-order valence-electron chi connectivity index (χ3n) is 3.57. The topological polar surface area (TPSA) is 15.3 Å². The van der Waals surface area contributed by atoms with E-state index in [-0.39, 0.29) is 0 Å². The molecule has 2 nitrogen and oxygen atoms in total. The number of benzene rings is 1.